The zero-order valence-electron chi connectivity index (χ0n) is 13.9. The molecular weight excluding hydrogens is 341 g/mol. The molecule has 0 aliphatic heterocycles. The minimum absolute atomic E-state index is 0.167. The quantitative estimate of drug-likeness (QED) is 0.496. The van der Waals surface area contributed by atoms with Gasteiger partial charge in [-0.1, -0.05) is 36.4 Å². The van der Waals surface area contributed by atoms with Gasteiger partial charge in [-0.2, -0.15) is 13.2 Å². The summed E-state index contributed by atoms with van der Waals surface area (Å²) in [7, 11) is 1.77. The number of nitrogens with zero attached hydrogens (tertiary/aromatic N) is 2. The number of hydrogen-bond acceptors (Lipinski definition) is 2. The molecule has 0 spiro atoms. The van der Waals surface area contributed by atoms with E-state index in [-0.39, 0.29) is 6.61 Å². The highest BCUT2D eigenvalue weighted by atomic mass is 19.4. The van der Waals surface area contributed by atoms with Crippen LogP contribution >= 0.6 is 0 Å². The molecule has 3 nitrogen and oxygen atoms in total. The van der Waals surface area contributed by atoms with Crippen molar-refractivity contribution in [3.05, 3.63) is 72.1 Å². The molecule has 0 saturated carbocycles. The predicted octanol–water partition coefficient (Wildman–Crippen LogP) is 5.32. The first-order valence-corrected chi connectivity index (χ1v) is 8.06. The Morgan fingerprint density at radius 1 is 1.00 bits per heavy atom. The van der Waals surface area contributed by atoms with Crippen molar-refractivity contribution in [1.82, 2.24) is 9.55 Å². The Kier molecular flexibility index (Phi) is 3.83. The second-order valence-corrected chi connectivity index (χ2v) is 6.05. The Morgan fingerprint density at radius 2 is 1.77 bits per heavy atom. The highest BCUT2D eigenvalue weighted by Gasteiger charge is 2.31. The third kappa shape index (κ3) is 2.87. The van der Waals surface area contributed by atoms with Gasteiger partial charge in [0.1, 0.15) is 18.2 Å². The van der Waals surface area contributed by atoms with Crippen LogP contribution in [0.2, 0.25) is 0 Å². The van der Waals surface area contributed by atoms with E-state index in [9.17, 15) is 13.2 Å². The van der Waals surface area contributed by atoms with E-state index in [1.807, 2.05) is 42.5 Å². The number of aromatic nitrogens is 2. The van der Waals surface area contributed by atoms with E-state index < -0.39 is 11.7 Å². The fourth-order valence-corrected chi connectivity index (χ4v) is 3.02. The van der Waals surface area contributed by atoms with Gasteiger partial charge in [-0.25, -0.2) is 4.98 Å². The third-order valence-electron chi connectivity index (χ3n) is 4.41. The third-order valence-corrected chi connectivity index (χ3v) is 4.41. The van der Waals surface area contributed by atoms with E-state index in [4.69, 9.17) is 4.74 Å². The Bertz CT molecular complexity index is 1090. The van der Waals surface area contributed by atoms with Gasteiger partial charge in [0, 0.05) is 12.4 Å². The van der Waals surface area contributed by atoms with E-state index in [1.165, 1.54) is 6.07 Å². The molecule has 0 aliphatic carbocycles. The van der Waals surface area contributed by atoms with Gasteiger partial charge in [0.25, 0.3) is 0 Å². The van der Waals surface area contributed by atoms with Crippen LogP contribution in [0.25, 0.3) is 21.8 Å². The molecule has 0 N–H and O–H groups in total. The lowest BCUT2D eigenvalue weighted by Crippen LogP contribution is -2.04. The highest BCUT2D eigenvalue weighted by Crippen LogP contribution is 2.31. The Balaban J connectivity index is 1.66. The molecule has 0 fully saturated rings. The molecule has 132 valence electrons. The first-order valence-electron chi connectivity index (χ1n) is 8.06. The summed E-state index contributed by atoms with van der Waals surface area (Å²) < 4.78 is 46.3. The van der Waals surface area contributed by atoms with Crippen molar-refractivity contribution < 1.29 is 17.9 Å². The number of rotatable bonds is 3. The highest BCUT2D eigenvalue weighted by molar-refractivity contribution is 5.88. The number of halogens is 3. The molecule has 0 atom stereocenters. The zero-order chi connectivity index (χ0) is 18.3. The number of imidazole rings is 1. The van der Waals surface area contributed by atoms with E-state index in [1.54, 1.807) is 11.6 Å². The number of hydrogen-bond donors (Lipinski definition) is 0. The van der Waals surface area contributed by atoms with Crippen molar-refractivity contribution in [2.75, 3.05) is 0 Å². The van der Waals surface area contributed by atoms with Crippen LogP contribution in [0.15, 0.2) is 60.7 Å². The van der Waals surface area contributed by atoms with Crippen molar-refractivity contribution in [1.29, 1.82) is 0 Å². The maximum Gasteiger partial charge on any atom is 0.416 e. The van der Waals surface area contributed by atoms with Crippen LogP contribution in [-0.4, -0.2) is 9.55 Å². The van der Waals surface area contributed by atoms with Crippen LogP contribution in [-0.2, 0) is 19.8 Å². The van der Waals surface area contributed by atoms with Crippen molar-refractivity contribution in [3.63, 3.8) is 0 Å². The molecule has 3 aromatic carbocycles. The zero-order valence-corrected chi connectivity index (χ0v) is 13.9. The van der Waals surface area contributed by atoms with Gasteiger partial charge in [-0.15, -0.1) is 0 Å². The number of benzene rings is 3. The van der Waals surface area contributed by atoms with Gasteiger partial charge in [0.15, 0.2) is 0 Å². The normalized spacial score (nSPS) is 12.0. The molecule has 0 unspecified atom stereocenters. The van der Waals surface area contributed by atoms with E-state index in [2.05, 4.69) is 4.98 Å². The van der Waals surface area contributed by atoms with Gasteiger partial charge >= 0.3 is 6.18 Å². The largest absolute Gasteiger partial charge is 0.485 e. The smallest absolute Gasteiger partial charge is 0.416 e. The topological polar surface area (TPSA) is 27.1 Å². The monoisotopic (exact) mass is 356 g/mol. The Labute approximate surface area is 147 Å². The Morgan fingerprint density at radius 3 is 2.58 bits per heavy atom. The van der Waals surface area contributed by atoms with Crippen molar-refractivity contribution in [2.24, 2.45) is 7.05 Å². The number of alkyl halides is 3. The molecule has 1 heterocycles. The van der Waals surface area contributed by atoms with Crippen molar-refractivity contribution >= 4 is 21.8 Å². The van der Waals surface area contributed by atoms with Crippen LogP contribution in [0.3, 0.4) is 0 Å². The minimum Gasteiger partial charge on any atom is -0.485 e. The summed E-state index contributed by atoms with van der Waals surface area (Å²) in [6.45, 7) is 0.167. The van der Waals surface area contributed by atoms with E-state index in [0.717, 1.165) is 22.9 Å². The summed E-state index contributed by atoms with van der Waals surface area (Å²) in [5.41, 5.74) is 0.234. The van der Waals surface area contributed by atoms with E-state index in [0.29, 0.717) is 22.6 Å². The average molecular weight is 356 g/mol. The van der Waals surface area contributed by atoms with Crippen molar-refractivity contribution in [3.8, 4) is 5.75 Å². The molecule has 26 heavy (non-hydrogen) atoms. The fraction of sp³-hybridized carbons (Fsp3) is 0.150. The maximum atomic E-state index is 12.9. The van der Waals surface area contributed by atoms with Gasteiger partial charge in [0.05, 0.1) is 16.6 Å². The predicted molar refractivity (Wildman–Crippen MR) is 94.0 cm³/mol. The number of aryl methyl sites for hydroxylation is 1. The number of fused-ring (bicyclic) bond motifs is 2. The summed E-state index contributed by atoms with van der Waals surface area (Å²) in [5, 5.41) is 2.04. The summed E-state index contributed by atoms with van der Waals surface area (Å²) >= 11 is 0. The maximum absolute atomic E-state index is 12.9. The van der Waals surface area contributed by atoms with Gasteiger partial charge in [0.2, 0.25) is 0 Å². The van der Waals surface area contributed by atoms with Crippen LogP contribution in [0.5, 0.6) is 5.75 Å². The molecule has 0 radical (unpaired) electrons. The minimum atomic E-state index is -4.38. The Hall–Kier alpha value is -3.02. The molecule has 4 rings (SSSR count). The molecule has 0 amide bonds. The molecule has 1 aromatic heterocycles. The van der Waals surface area contributed by atoms with Crippen LogP contribution in [0, 0.1) is 0 Å². The lowest BCUT2D eigenvalue weighted by molar-refractivity contribution is -0.137. The summed E-state index contributed by atoms with van der Waals surface area (Å²) in [6.07, 6.45) is -4.38. The average Bonchev–Trinajstić information content (AvgIpc) is 2.94. The SMILES string of the molecule is Cn1c(COc2cccc3ccccc23)nc2cc(C(F)(F)F)ccc21. The van der Waals surface area contributed by atoms with Crippen LogP contribution in [0.1, 0.15) is 11.4 Å². The molecular formula is C20H15F3N2O. The van der Waals surface area contributed by atoms with Gasteiger partial charge < -0.3 is 9.30 Å². The summed E-state index contributed by atoms with van der Waals surface area (Å²) in [5.74, 6) is 1.28. The molecule has 4 aromatic rings. The molecule has 6 heteroatoms. The van der Waals surface area contributed by atoms with Gasteiger partial charge in [-0.05, 0) is 29.7 Å². The van der Waals surface area contributed by atoms with Crippen LogP contribution in [0.4, 0.5) is 13.2 Å². The standard InChI is InChI=1S/C20H15F3N2O/c1-25-17-10-9-14(20(21,22)23)11-16(17)24-19(25)12-26-18-8-4-6-13-5-2-3-7-15(13)18/h2-11H,12H2,1H3. The fourth-order valence-electron chi connectivity index (χ4n) is 3.02. The van der Waals surface area contributed by atoms with Crippen LogP contribution < -0.4 is 4.74 Å². The number of ether oxygens (including phenoxy) is 1. The van der Waals surface area contributed by atoms with E-state index >= 15 is 0 Å². The second kappa shape index (κ2) is 6.05. The molecule has 0 aliphatic rings. The summed E-state index contributed by atoms with van der Waals surface area (Å²) in [6, 6.07) is 17.2. The molecule has 0 bridgehead atoms. The summed E-state index contributed by atoms with van der Waals surface area (Å²) in [4.78, 5) is 4.32. The van der Waals surface area contributed by atoms with Crippen molar-refractivity contribution in [2.45, 2.75) is 12.8 Å². The molecule has 0 saturated heterocycles. The van der Waals surface area contributed by atoms with Gasteiger partial charge in [-0.3, -0.25) is 0 Å². The first-order chi connectivity index (χ1) is 12.4. The lowest BCUT2D eigenvalue weighted by Gasteiger charge is -2.09. The lowest BCUT2D eigenvalue weighted by atomic mass is 10.1. The second-order valence-electron chi connectivity index (χ2n) is 6.05. The first kappa shape index (κ1) is 16.4.